The minimum atomic E-state index is -0.130. The second kappa shape index (κ2) is 4.20. The summed E-state index contributed by atoms with van der Waals surface area (Å²) in [4.78, 5) is 0. The molecule has 76 valence electrons. The fourth-order valence-corrected chi connectivity index (χ4v) is 4.30. The molecule has 0 amide bonds. The molecule has 0 aromatic heterocycles. The van der Waals surface area contributed by atoms with Crippen LogP contribution in [-0.2, 0) is 0 Å². The molecule has 2 N–H and O–H groups in total. The summed E-state index contributed by atoms with van der Waals surface area (Å²) >= 11 is 1.98. The van der Waals surface area contributed by atoms with Crippen LogP contribution in [0.25, 0.3) is 0 Å². The van der Waals surface area contributed by atoms with Crippen LogP contribution in [0.1, 0.15) is 25.7 Å². The van der Waals surface area contributed by atoms with Crippen LogP contribution >= 0.6 is 11.8 Å². The minimum absolute atomic E-state index is 0.130. The van der Waals surface area contributed by atoms with Crippen molar-refractivity contribution in [1.82, 2.24) is 5.32 Å². The highest BCUT2D eigenvalue weighted by Crippen LogP contribution is 2.40. The van der Waals surface area contributed by atoms with Gasteiger partial charge >= 0.3 is 0 Å². The largest absolute Gasteiger partial charge is 0.391 e. The minimum Gasteiger partial charge on any atom is -0.391 e. The first-order valence-electron chi connectivity index (χ1n) is 5.30. The standard InChI is InChI=1S/C10H19NOS/c1-11-10-7-4-2-3-5-9(7)13-6-8(10)12/h7-12H,2-6H2,1H3/t7?,8-,9?,10+/m1/s1. The van der Waals surface area contributed by atoms with E-state index < -0.39 is 0 Å². The zero-order valence-electron chi connectivity index (χ0n) is 8.20. The van der Waals surface area contributed by atoms with Crippen LogP contribution in [0.5, 0.6) is 0 Å². The van der Waals surface area contributed by atoms with Crippen LogP contribution in [0.15, 0.2) is 0 Å². The van der Waals surface area contributed by atoms with Crippen molar-refractivity contribution in [1.29, 1.82) is 0 Å². The average Bonchev–Trinajstić information content (AvgIpc) is 2.18. The summed E-state index contributed by atoms with van der Waals surface area (Å²) in [5.41, 5.74) is 0. The topological polar surface area (TPSA) is 32.3 Å². The molecule has 13 heavy (non-hydrogen) atoms. The zero-order valence-corrected chi connectivity index (χ0v) is 9.02. The zero-order chi connectivity index (χ0) is 9.26. The van der Waals surface area contributed by atoms with Crippen molar-refractivity contribution in [2.45, 2.75) is 43.1 Å². The van der Waals surface area contributed by atoms with E-state index in [-0.39, 0.29) is 6.10 Å². The number of rotatable bonds is 1. The van der Waals surface area contributed by atoms with E-state index in [0.717, 1.165) is 11.0 Å². The number of likely N-dealkylation sites (N-methyl/N-ethyl adjacent to an activating group) is 1. The van der Waals surface area contributed by atoms with Gasteiger partial charge in [0.15, 0.2) is 0 Å². The van der Waals surface area contributed by atoms with Crippen molar-refractivity contribution in [3.05, 3.63) is 0 Å². The van der Waals surface area contributed by atoms with Crippen molar-refractivity contribution >= 4 is 11.8 Å². The monoisotopic (exact) mass is 201 g/mol. The van der Waals surface area contributed by atoms with Gasteiger partial charge in [0.2, 0.25) is 0 Å². The summed E-state index contributed by atoms with van der Waals surface area (Å²) in [6.45, 7) is 0. The summed E-state index contributed by atoms with van der Waals surface area (Å²) in [6, 6.07) is 0.353. The molecule has 3 heteroatoms. The number of thioether (sulfide) groups is 1. The quantitative estimate of drug-likeness (QED) is 0.669. The third kappa shape index (κ3) is 1.88. The highest BCUT2D eigenvalue weighted by Gasteiger charge is 2.39. The Hall–Kier alpha value is 0.270. The van der Waals surface area contributed by atoms with Crippen LogP contribution in [0.4, 0.5) is 0 Å². The highest BCUT2D eigenvalue weighted by atomic mass is 32.2. The first-order valence-corrected chi connectivity index (χ1v) is 6.34. The average molecular weight is 201 g/mol. The van der Waals surface area contributed by atoms with E-state index in [0.29, 0.717) is 12.0 Å². The summed E-state index contributed by atoms with van der Waals surface area (Å²) in [5.74, 6) is 1.64. The van der Waals surface area contributed by atoms with Gasteiger partial charge in [0.05, 0.1) is 6.10 Å². The van der Waals surface area contributed by atoms with Crippen LogP contribution in [-0.4, -0.2) is 35.3 Å². The lowest BCUT2D eigenvalue weighted by atomic mass is 9.81. The van der Waals surface area contributed by atoms with E-state index in [4.69, 9.17) is 0 Å². The van der Waals surface area contributed by atoms with Gasteiger partial charge in [-0.3, -0.25) is 0 Å². The molecule has 1 aliphatic carbocycles. The predicted octanol–water partition coefficient (Wildman–Crippen LogP) is 1.24. The lowest BCUT2D eigenvalue weighted by Gasteiger charge is -2.43. The summed E-state index contributed by atoms with van der Waals surface area (Å²) in [7, 11) is 1.98. The third-order valence-electron chi connectivity index (χ3n) is 3.44. The molecule has 2 rings (SSSR count). The first kappa shape index (κ1) is 9.81. The summed E-state index contributed by atoms with van der Waals surface area (Å²) in [5, 5.41) is 13.9. The molecule has 4 atom stereocenters. The van der Waals surface area contributed by atoms with Crippen molar-refractivity contribution in [3.8, 4) is 0 Å². The molecule has 1 heterocycles. The number of fused-ring (bicyclic) bond motifs is 1. The predicted molar refractivity (Wildman–Crippen MR) is 57.1 cm³/mol. The summed E-state index contributed by atoms with van der Waals surface area (Å²) < 4.78 is 0. The van der Waals surface area contributed by atoms with Crippen molar-refractivity contribution in [2.24, 2.45) is 5.92 Å². The number of nitrogens with one attached hydrogen (secondary N) is 1. The molecule has 1 saturated heterocycles. The summed E-state index contributed by atoms with van der Waals surface area (Å²) in [6.07, 6.45) is 5.28. The number of hydrogen-bond donors (Lipinski definition) is 2. The molecule has 0 bridgehead atoms. The molecule has 0 aromatic carbocycles. The molecule has 2 nitrogen and oxygen atoms in total. The smallest absolute Gasteiger partial charge is 0.0786 e. The van der Waals surface area contributed by atoms with Crippen LogP contribution in [0.2, 0.25) is 0 Å². The molecule has 0 aromatic rings. The Morgan fingerprint density at radius 1 is 1.31 bits per heavy atom. The lowest BCUT2D eigenvalue weighted by Crippen LogP contribution is -2.52. The fourth-order valence-electron chi connectivity index (χ4n) is 2.76. The van der Waals surface area contributed by atoms with Gasteiger partial charge in [0, 0.05) is 17.0 Å². The van der Waals surface area contributed by atoms with Gasteiger partial charge in [0.1, 0.15) is 0 Å². The maximum Gasteiger partial charge on any atom is 0.0786 e. The molecule has 2 aliphatic rings. The Morgan fingerprint density at radius 3 is 2.85 bits per heavy atom. The third-order valence-corrected chi connectivity index (χ3v) is 4.99. The van der Waals surface area contributed by atoms with Crippen LogP contribution in [0.3, 0.4) is 0 Å². The van der Waals surface area contributed by atoms with E-state index in [1.165, 1.54) is 25.7 Å². The van der Waals surface area contributed by atoms with E-state index in [2.05, 4.69) is 5.32 Å². The van der Waals surface area contributed by atoms with Gasteiger partial charge in [-0.2, -0.15) is 11.8 Å². The Kier molecular flexibility index (Phi) is 3.17. The normalized spacial score (nSPS) is 45.7. The Bertz CT molecular complexity index is 176. The van der Waals surface area contributed by atoms with Crippen LogP contribution in [0, 0.1) is 5.92 Å². The molecule has 1 saturated carbocycles. The number of aliphatic hydroxyl groups is 1. The van der Waals surface area contributed by atoms with Gasteiger partial charge in [0.25, 0.3) is 0 Å². The lowest BCUT2D eigenvalue weighted by molar-refractivity contribution is 0.100. The fraction of sp³-hybridized carbons (Fsp3) is 1.00. The Morgan fingerprint density at radius 2 is 2.08 bits per heavy atom. The molecule has 0 spiro atoms. The molecular formula is C10H19NOS. The molecule has 2 unspecified atom stereocenters. The van der Waals surface area contributed by atoms with E-state index in [9.17, 15) is 5.11 Å². The Labute approximate surface area is 84.5 Å². The second-order valence-electron chi connectivity index (χ2n) is 4.20. The molecule has 2 fully saturated rings. The van der Waals surface area contributed by atoms with Gasteiger partial charge in [-0.15, -0.1) is 0 Å². The van der Waals surface area contributed by atoms with Gasteiger partial charge < -0.3 is 10.4 Å². The molecule has 1 aliphatic heterocycles. The number of aliphatic hydroxyl groups excluding tert-OH is 1. The van der Waals surface area contributed by atoms with Crippen LogP contribution < -0.4 is 5.32 Å². The molecule has 0 radical (unpaired) electrons. The Balaban J connectivity index is 2.04. The second-order valence-corrected chi connectivity index (χ2v) is 5.47. The van der Waals surface area contributed by atoms with E-state index in [1.807, 2.05) is 18.8 Å². The maximum atomic E-state index is 9.82. The first-order chi connectivity index (χ1) is 6.33. The molecular weight excluding hydrogens is 182 g/mol. The van der Waals surface area contributed by atoms with Crippen molar-refractivity contribution in [3.63, 3.8) is 0 Å². The van der Waals surface area contributed by atoms with Crippen molar-refractivity contribution in [2.75, 3.05) is 12.8 Å². The SMILES string of the molecule is CN[C@H]1C2CCCCC2SC[C@H]1O. The van der Waals surface area contributed by atoms with E-state index in [1.54, 1.807) is 0 Å². The van der Waals surface area contributed by atoms with Gasteiger partial charge in [-0.25, -0.2) is 0 Å². The van der Waals surface area contributed by atoms with E-state index >= 15 is 0 Å². The maximum absolute atomic E-state index is 9.82. The van der Waals surface area contributed by atoms with Gasteiger partial charge in [-0.1, -0.05) is 12.8 Å². The highest BCUT2D eigenvalue weighted by molar-refractivity contribution is 8.00. The number of hydrogen-bond acceptors (Lipinski definition) is 3. The van der Waals surface area contributed by atoms with Gasteiger partial charge in [-0.05, 0) is 25.8 Å². The van der Waals surface area contributed by atoms with Crippen molar-refractivity contribution < 1.29 is 5.11 Å².